The molecule has 1 aromatic heterocycles. The summed E-state index contributed by atoms with van der Waals surface area (Å²) in [7, 11) is 1.58. The molecule has 0 fully saturated rings. The van der Waals surface area contributed by atoms with E-state index in [1.807, 2.05) is 57.2 Å². The molecule has 0 aliphatic rings. The van der Waals surface area contributed by atoms with Gasteiger partial charge < -0.3 is 15.0 Å². The third kappa shape index (κ3) is 5.19. The van der Waals surface area contributed by atoms with Crippen molar-refractivity contribution in [2.75, 3.05) is 30.4 Å². The highest BCUT2D eigenvalue weighted by Crippen LogP contribution is 2.21. The van der Waals surface area contributed by atoms with E-state index in [4.69, 9.17) is 9.72 Å². The molecule has 1 amide bonds. The Kier molecular flexibility index (Phi) is 7.15. The number of carbonyl (C=O) groups excluding carboxylic acids is 1. The fraction of sp³-hybridized carbons (Fsp3) is 0.250. The highest BCUT2D eigenvalue weighted by molar-refractivity contribution is 6.06. The number of aromatic nitrogens is 2. The lowest BCUT2D eigenvalue weighted by Gasteiger charge is -2.24. The van der Waals surface area contributed by atoms with E-state index in [-0.39, 0.29) is 11.5 Å². The van der Waals surface area contributed by atoms with Crippen LogP contribution in [0.15, 0.2) is 71.5 Å². The van der Waals surface area contributed by atoms with Gasteiger partial charge in [0, 0.05) is 30.4 Å². The quantitative estimate of drug-likeness (QED) is 0.398. The van der Waals surface area contributed by atoms with Crippen molar-refractivity contribution in [1.82, 2.24) is 9.55 Å². The summed E-state index contributed by atoms with van der Waals surface area (Å²) in [6.07, 6.45) is 0. The number of methoxy groups -OCH3 is 1. The maximum absolute atomic E-state index is 13.6. The molecule has 4 aromatic rings. The SMILES string of the molecule is CCN(CC)c1nc2cc(C(=O)Nc3cccc(OC)c3)ccc2c(=O)n1Cc1ccc(C)cc1. The topological polar surface area (TPSA) is 76.5 Å². The number of fused-ring (bicyclic) bond motifs is 1. The lowest BCUT2D eigenvalue weighted by molar-refractivity contribution is 0.102. The molecule has 35 heavy (non-hydrogen) atoms. The van der Waals surface area contributed by atoms with Crippen molar-refractivity contribution in [3.63, 3.8) is 0 Å². The van der Waals surface area contributed by atoms with E-state index in [1.165, 1.54) is 5.56 Å². The van der Waals surface area contributed by atoms with Crippen LogP contribution in [0.4, 0.5) is 11.6 Å². The Balaban J connectivity index is 1.75. The number of rotatable bonds is 8. The van der Waals surface area contributed by atoms with E-state index in [0.717, 1.165) is 5.56 Å². The maximum Gasteiger partial charge on any atom is 0.263 e. The molecule has 1 N–H and O–H groups in total. The molecular weight excluding hydrogens is 440 g/mol. The van der Waals surface area contributed by atoms with E-state index in [2.05, 4.69) is 10.2 Å². The minimum atomic E-state index is -0.282. The molecule has 0 spiro atoms. The number of benzene rings is 3. The Labute approximate surface area is 205 Å². The zero-order chi connectivity index (χ0) is 24.9. The van der Waals surface area contributed by atoms with Crippen LogP contribution in [-0.2, 0) is 6.54 Å². The number of anilines is 2. The predicted octanol–water partition coefficient (Wildman–Crippen LogP) is 4.86. The van der Waals surface area contributed by atoms with Crippen LogP contribution in [-0.4, -0.2) is 35.7 Å². The van der Waals surface area contributed by atoms with Crippen LogP contribution in [0.25, 0.3) is 10.9 Å². The summed E-state index contributed by atoms with van der Waals surface area (Å²) in [5.41, 5.74) is 3.62. The average Bonchev–Trinajstić information content (AvgIpc) is 2.87. The van der Waals surface area contributed by atoms with E-state index in [0.29, 0.717) is 53.5 Å². The van der Waals surface area contributed by atoms with Gasteiger partial charge in [0.15, 0.2) is 0 Å². The van der Waals surface area contributed by atoms with Gasteiger partial charge in [-0.1, -0.05) is 35.9 Å². The largest absolute Gasteiger partial charge is 0.497 e. The average molecular weight is 471 g/mol. The number of nitrogens with one attached hydrogen (secondary N) is 1. The first-order valence-electron chi connectivity index (χ1n) is 11.7. The number of aryl methyl sites for hydroxylation is 1. The summed E-state index contributed by atoms with van der Waals surface area (Å²) in [5, 5.41) is 3.36. The van der Waals surface area contributed by atoms with Crippen molar-refractivity contribution in [2.24, 2.45) is 0 Å². The minimum absolute atomic E-state index is 0.128. The Morgan fingerprint density at radius 3 is 2.46 bits per heavy atom. The molecule has 0 aliphatic heterocycles. The third-order valence-electron chi connectivity index (χ3n) is 6.03. The zero-order valence-electron chi connectivity index (χ0n) is 20.5. The van der Waals surface area contributed by atoms with Crippen molar-refractivity contribution in [3.05, 3.63) is 93.8 Å². The second-order valence-corrected chi connectivity index (χ2v) is 8.38. The Bertz CT molecular complexity index is 1410. The second-order valence-electron chi connectivity index (χ2n) is 8.38. The number of ether oxygens (including phenoxy) is 1. The third-order valence-corrected chi connectivity index (χ3v) is 6.03. The number of carbonyl (C=O) groups is 1. The van der Waals surface area contributed by atoms with Gasteiger partial charge in [0.1, 0.15) is 5.75 Å². The monoisotopic (exact) mass is 470 g/mol. The normalized spacial score (nSPS) is 10.9. The summed E-state index contributed by atoms with van der Waals surface area (Å²) in [5.74, 6) is 0.967. The van der Waals surface area contributed by atoms with Gasteiger partial charge in [-0.15, -0.1) is 0 Å². The van der Waals surface area contributed by atoms with Gasteiger partial charge in [-0.3, -0.25) is 14.2 Å². The van der Waals surface area contributed by atoms with Gasteiger partial charge in [0.2, 0.25) is 5.95 Å². The first kappa shape index (κ1) is 24.0. The number of hydrogen-bond donors (Lipinski definition) is 1. The lowest BCUT2D eigenvalue weighted by atomic mass is 10.1. The summed E-state index contributed by atoms with van der Waals surface area (Å²) >= 11 is 0. The van der Waals surface area contributed by atoms with Crippen molar-refractivity contribution in [1.29, 1.82) is 0 Å². The molecule has 0 atom stereocenters. The molecule has 1 heterocycles. The lowest BCUT2D eigenvalue weighted by Crippen LogP contribution is -2.33. The molecule has 0 saturated heterocycles. The number of nitrogens with zero attached hydrogens (tertiary/aromatic N) is 3. The predicted molar refractivity (Wildman–Crippen MR) is 141 cm³/mol. The Morgan fingerprint density at radius 1 is 1.03 bits per heavy atom. The van der Waals surface area contributed by atoms with E-state index in [9.17, 15) is 9.59 Å². The second kappa shape index (κ2) is 10.4. The molecule has 7 nitrogen and oxygen atoms in total. The molecule has 0 saturated carbocycles. The van der Waals surface area contributed by atoms with Crippen LogP contribution in [0.1, 0.15) is 35.3 Å². The van der Waals surface area contributed by atoms with E-state index in [1.54, 1.807) is 42.0 Å². The molecule has 0 bridgehead atoms. The van der Waals surface area contributed by atoms with Gasteiger partial charge in [0.05, 0.1) is 24.6 Å². The van der Waals surface area contributed by atoms with Gasteiger partial charge >= 0.3 is 0 Å². The van der Waals surface area contributed by atoms with Gasteiger partial charge in [0.25, 0.3) is 11.5 Å². The number of hydrogen-bond acceptors (Lipinski definition) is 5. The standard InChI is InChI=1S/C28H30N4O3/c1-5-31(6-2)28-30-25-16-21(26(33)29-22-8-7-9-23(17-22)35-4)14-15-24(25)27(34)32(28)18-20-12-10-19(3)11-13-20/h7-17H,5-6,18H2,1-4H3,(H,29,33). The minimum Gasteiger partial charge on any atom is -0.497 e. The molecule has 7 heteroatoms. The van der Waals surface area contributed by atoms with Crippen LogP contribution < -0.4 is 20.5 Å². The van der Waals surface area contributed by atoms with E-state index >= 15 is 0 Å². The zero-order valence-corrected chi connectivity index (χ0v) is 20.5. The van der Waals surface area contributed by atoms with Crippen LogP contribution in [0, 0.1) is 6.92 Å². The molecule has 4 rings (SSSR count). The fourth-order valence-electron chi connectivity index (χ4n) is 4.02. The summed E-state index contributed by atoms with van der Waals surface area (Å²) in [6, 6.07) is 20.3. The fourth-order valence-corrected chi connectivity index (χ4v) is 4.02. The van der Waals surface area contributed by atoms with Crippen molar-refractivity contribution < 1.29 is 9.53 Å². The highest BCUT2D eigenvalue weighted by Gasteiger charge is 2.17. The van der Waals surface area contributed by atoms with Crippen LogP contribution in [0.3, 0.4) is 0 Å². The molecule has 0 aliphatic carbocycles. The van der Waals surface area contributed by atoms with Crippen LogP contribution >= 0.6 is 0 Å². The smallest absolute Gasteiger partial charge is 0.263 e. The van der Waals surface area contributed by atoms with Crippen LogP contribution in [0.5, 0.6) is 5.75 Å². The summed E-state index contributed by atoms with van der Waals surface area (Å²) in [4.78, 5) is 33.4. The van der Waals surface area contributed by atoms with Gasteiger partial charge in [-0.05, 0) is 56.7 Å². The van der Waals surface area contributed by atoms with Crippen molar-refractivity contribution >= 4 is 28.4 Å². The van der Waals surface area contributed by atoms with Crippen molar-refractivity contribution in [3.8, 4) is 5.75 Å². The molecule has 0 radical (unpaired) electrons. The van der Waals surface area contributed by atoms with E-state index < -0.39 is 0 Å². The van der Waals surface area contributed by atoms with Gasteiger partial charge in [-0.2, -0.15) is 0 Å². The Morgan fingerprint density at radius 2 is 1.77 bits per heavy atom. The summed E-state index contributed by atoms with van der Waals surface area (Å²) < 4.78 is 6.94. The summed E-state index contributed by atoms with van der Waals surface area (Å²) in [6.45, 7) is 7.95. The number of amides is 1. The first-order chi connectivity index (χ1) is 16.9. The Hall–Kier alpha value is -4.13. The van der Waals surface area contributed by atoms with Crippen molar-refractivity contribution in [2.45, 2.75) is 27.3 Å². The maximum atomic E-state index is 13.6. The molecular formula is C28H30N4O3. The molecule has 0 unspecified atom stereocenters. The first-order valence-corrected chi connectivity index (χ1v) is 11.7. The molecule has 180 valence electrons. The molecule has 3 aromatic carbocycles. The van der Waals surface area contributed by atoms with Crippen LogP contribution in [0.2, 0.25) is 0 Å². The van der Waals surface area contributed by atoms with Gasteiger partial charge in [-0.25, -0.2) is 4.98 Å². The highest BCUT2D eigenvalue weighted by atomic mass is 16.5.